The highest BCUT2D eigenvalue weighted by atomic mass is 16.5. The Bertz CT molecular complexity index is 185. The number of nitrogens with zero attached hydrogens (tertiary/aromatic N) is 1. The van der Waals surface area contributed by atoms with Crippen molar-refractivity contribution in [3.05, 3.63) is 0 Å². The van der Waals surface area contributed by atoms with E-state index in [0.29, 0.717) is 6.54 Å². The smallest absolute Gasteiger partial charge is 0.236 e. The number of carbonyl (C=O) groups excluding carboxylic acids is 1. The fourth-order valence-corrected chi connectivity index (χ4v) is 1.56. The van der Waals surface area contributed by atoms with Gasteiger partial charge in [-0.05, 0) is 19.9 Å². The van der Waals surface area contributed by atoms with Crippen LogP contribution in [0, 0.1) is 0 Å². The Morgan fingerprint density at radius 3 is 3.14 bits per heavy atom. The normalized spacial score (nSPS) is 23.3. The van der Waals surface area contributed by atoms with Gasteiger partial charge in [-0.2, -0.15) is 0 Å². The molecule has 4 heteroatoms. The highest BCUT2D eigenvalue weighted by Gasteiger charge is 2.18. The van der Waals surface area contributed by atoms with Gasteiger partial charge in [-0.3, -0.25) is 4.79 Å². The van der Waals surface area contributed by atoms with Crippen LogP contribution in [0.5, 0.6) is 0 Å². The zero-order valence-corrected chi connectivity index (χ0v) is 9.08. The van der Waals surface area contributed by atoms with Crippen molar-refractivity contribution in [1.29, 1.82) is 0 Å². The SMILES string of the molecule is CCNCC(=O)N1CCCOC(C)C1. The molecule has 0 aliphatic carbocycles. The van der Waals surface area contributed by atoms with Crippen LogP contribution >= 0.6 is 0 Å². The standard InChI is InChI=1S/C10H20N2O2/c1-3-11-7-10(13)12-5-4-6-14-9(2)8-12/h9,11H,3-8H2,1-2H3. The van der Waals surface area contributed by atoms with Gasteiger partial charge in [-0.25, -0.2) is 0 Å². The Labute approximate surface area is 85.6 Å². The molecule has 1 amide bonds. The maximum Gasteiger partial charge on any atom is 0.236 e. The molecule has 0 saturated carbocycles. The van der Waals surface area contributed by atoms with Crippen LogP contribution in [0.15, 0.2) is 0 Å². The predicted molar refractivity (Wildman–Crippen MR) is 55.2 cm³/mol. The van der Waals surface area contributed by atoms with Crippen LogP contribution in [-0.2, 0) is 9.53 Å². The predicted octanol–water partition coefficient (Wildman–Crippen LogP) is 0.233. The Hall–Kier alpha value is -0.610. The fraction of sp³-hybridized carbons (Fsp3) is 0.900. The second kappa shape index (κ2) is 5.98. The molecule has 1 N–H and O–H groups in total. The van der Waals surface area contributed by atoms with Crippen LogP contribution in [0.3, 0.4) is 0 Å². The van der Waals surface area contributed by atoms with Crippen molar-refractivity contribution < 1.29 is 9.53 Å². The second-order valence-electron chi connectivity index (χ2n) is 3.66. The summed E-state index contributed by atoms with van der Waals surface area (Å²) in [5.74, 6) is 0.184. The second-order valence-corrected chi connectivity index (χ2v) is 3.66. The number of hydrogen-bond donors (Lipinski definition) is 1. The molecule has 0 bridgehead atoms. The van der Waals surface area contributed by atoms with Crippen molar-refractivity contribution in [2.45, 2.75) is 26.4 Å². The largest absolute Gasteiger partial charge is 0.377 e. The van der Waals surface area contributed by atoms with Crippen LogP contribution in [0.4, 0.5) is 0 Å². The van der Waals surface area contributed by atoms with Gasteiger partial charge in [-0.15, -0.1) is 0 Å². The lowest BCUT2D eigenvalue weighted by molar-refractivity contribution is -0.130. The Kier molecular flexibility index (Phi) is 4.90. The number of hydrogen-bond acceptors (Lipinski definition) is 3. The highest BCUT2D eigenvalue weighted by molar-refractivity contribution is 5.78. The van der Waals surface area contributed by atoms with Crippen LogP contribution in [0.1, 0.15) is 20.3 Å². The van der Waals surface area contributed by atoms with Crippen molar-refractivity contribution in [3.8, 4) is 0 Å². The average Bonchev–Trinajstić information content (AvgIpc) is 2.39. The average molecular weight is 200 g/mol. The first kappa shape index (κ1) is 11.5. The minimum Gasteiger partial charge on any atom is -0.377 e. The van der Waals surface area contributed by atoms with E-state index in [2.05, 4.69) is 5.32 Å². The number of rotatable bonds is 3. The van der Waals surface area contributed by atoms with Crippen molar-refractivity contribution >= 4 is 5.91 Å². The van der Waals surface area contributed by atoms with Crippen LogP contribution < -0.4 is 5.32 Å². The van der Waals surface area contributed by atoms with E-state index < -0.39 is 0 Å². The zero-order chi connectivity index (χ0) is 10.4. The zero-order valence-electron chi connectivity index (χ0n) is 9.08. The molecular weight excluding hydrogens is 180 g/mol. The molecule has 14 heavy (non-hydrogen) atoms. The van der Waals surface area contributed by atoms with Crippen LogP contribution in [0.2, 0.25) is 0 Å². The Morgan fingerprint density at radius 2 is 2.43 bits per heavy atom. The molecule has 1 atom stereocenters. The molecule has 82 valence electrons. The lowest BCUT2D eigenvalue weighted by atomic mass is 10.3. The van der Waals surface area contributed by atoms with Gasteiger partial charge in [0.05, 0.1) is 12.6 Å². The van der Waals surface area contributed by atoms with E-state index in [1.807, 2.05) is 18.7 Å². The first-order valence-electron chi connectivity index (χ1n) is 5.34. The minimum absolute atomic E-state index is 0.170. The van der Waals surface area contributed by atoms with E-state index in [1.165, 1.54) is 0 Å². The Morgan fingerprint density at radius 1 is 1.64 bits per heavy atom. The lowest BCUT2D eigenvalue weighted by Crippen LogP contribution is -2.41. The van der Waals surface area contributed by atoms with Gasteiger partial charge in [0, 0.05) is 19.7 Å². The molecule has 1 rings (SSSR count). The van der Waals surface area contributed by atoms with Gasteiger partial charge in [-0.1, -0.05) is 6.92 Å². The number of amides is 1. The third kappa shape index (κ3) is 3.64. The molecule has 4 nitrogen and oxygen atoms in total. The molecule has 0 aromatic carbocycles. The van der Waals surface area contributed by atoms with Crippen molar-refractivity contribution in [2.24, 2.45) is 0 Å². The first-order chi connectivity index (χ1) is 6.74. The van der Waals surface area contributed by atoms with Crippen molar-refractivity contribution in [3.63, 3.8) is 0 Å². The summed E-state index contributed by atoms with van der Waals surface area (Å²) in [6.45, 7) is 7.63. The molecule has 0 spiro atoms. The summed E-state index contributed by atoms with van der Waals surface area (Å²) >= 11 is 0. The van der Waals surface area contributed by atoms with Gasteiger partial charge in [0.25, 0.3) is 0 Å². The molecule has 1 heterocycles. The Balaban J connectivity index is 2.36. The summed E-state index contributed by atoms with van der Waals surface area (Å²) in [6.07, 6.45) is 1.12. The molecule has 1 saturated heterocycles. The summed E-state index contributed by atoms with van der Waals surface area (Å²) < 4.78 is 5.47. The first-order valence-corrected chi connectivity index (χ1v) is 5.34. The maximum absolute atomic E-state index is 11.7. The van der Waals surface area contributed by atoms with Gasteiger partial charge in [0.1, 0.15) is 0 Å². The summed E-state index contributed by atoms with van der Waals surface area (Å²) in [5.41, 5.74) is 0. The third-order valence-electron chi connectivity index (χ3n) is 2.33. The van der Waals surface area contributed by atoms with E-state index in [1.54, 1.807) is 0 Å². The van der Waals surface area contributed by atoms with Crippen molar-refractivity contribution in [2.75, 3.05) is 32.8 Å². The van der Waals surface area contributed by atoms with Gasteiger partial charge in [0.2, 0.25) is 5.91 Å². The third-order valence-corrected chi connectivity index (χ3v) is 2.33. The van der Waals surface area contributed by atoms with Gasteiger partial charge in [0.15, 0.2) is 0 Å². The molecule has 0 aromatic heterocycles. The molecule has 1 aliphatic rings. The van der Waals surface area contributed by atoms with Crippen LogP contribution in [0.25, 0.3) is 0 Å². The van der Waals surface area contributed by atoms with Crippen LogP contribution in [-0.4, -0.2) is 49.7 Å². The minimum atomic E-state index is 0.170. The topological polar surface area (TPSA) is 41.6 Å². The summed E-state index contributed by atoms with van der Waals surface area (Å²) in [6, 6.07) is 0. The summed E-state index contributed by atoms with van der Waals surface area (Å²) in [7, 11) is 0. The maximum atomic E-state index is 11.7. The fourth-order valence-electron chi connectivity index (χ4n) is 1.56. The molecule has 1 fully saturated rings. The number of carbonyl (C=O) groups is 1. The highest BCUT2D eigenvalue weighted by Crippen LogP contribution is 2.04. The molecule has 0 radical (unpaired) electrons. The van der Waals surface area contributed by atoms with Crippen molar-refractivity contribution in [1.82, 2.24) is 10.2 Å². The van der Waals surface area contributed by atoms with Gasteiger partial charge >= 0.3 is 0 Å². The van der Waals surface area contributed by atoms with E-state index in [9.17, 15) is 4.79 Å². The summed E-state index contributed by atoms with van der Waals surface area (Å²) in [4.78, 5) is 13.6. The summed E-state index contributed by atoms with van der Waals surface area (Å²) in [5, 5.41) is 3.05. The van der Waals surface area contributed by atoms with E-state index in [-0.39, 0.29) is 12.0 Å². The van der Waals surface area contributed by atoms with E-state index in [0.717, 1.165) is 32.7 Å². The monoisotopic (exact) mass is 200 g/mol. The molecule has 1 aliphatic heterocycles. The van der Waals surface area contributed by atoms with E-state index in [4.69, 9.17) is 4.74 Å². The number of likely N-dealkylation sites (N-methyl/N-ethyl adjacent to an activating group) is 1. The number of ether oxygens (including phenoxy) is 1. The number of nitrogens with one attached hydrogen (secondary N) is 1. The quantitative estimate of drug-likeness (QED) is 0.709. The molecular formula is C10H20N2O2. The molecule has 1 unspecified atom stereocenters. The van der Waals surface area contributed by atoms with E-state index >= 15 is 0 Å². The lowest BCUT2D eigenvalue weighted by Gasteiger charge is -2.22. The molecule has 0 aromatic rings. The van der Waals surface area contributed by atoms with Gasteiger partial charge < -0.3 is 15.0 Å².